The zero-order chi connectivity index (χ0) is 7.56. The Bertz CT molecular complexity index is 207. The van der Waals surface area contributed by atoms with Crippen LogP contribution >= 0.6 is 12.4 Å². The van der Waals surface area contributed by atoms with E-state index in [-0.39, 0.29) is 18.4 Å². The van der Waals surface area contributed by atoms with E-state index < -0.39 is 0 Å². The summed E-state index contributed by atoms with van der Waals surface area (Å²) < 4.78 is 1.91. The van der Waals surface area contributed by atoms with E-state index in [1.807, 2.05) is 17.7 Å². The molecular weight excluding hydrogens is 162 g/mol. The van der Waals surface area contributed by atoms with Crippen molar-refractivity contribution < 1.29 is 0 Å². The molecule has 64 valence electrons. The molecule has 1 atom stereocenters. The van der Waals surface area contributed by atoms with E-state index in [0.29, 0.717) is 0 Å². The fourth-order valence-corrected chi connectivity index (χ4v) is 0.994. The first-order valence-electron chi connectivity index (χ1n) is 3.53. The van der Waals surface area contributed by atoms with Crippen LogP contribution in [0.15, 0.2) is 12.3 Å². The maximum Gasteiger partial charge on any atom is 0.0548 e. The average molecular weight is 176 g/mol. The SMILES string of the molecule is CCn1nccc1C(C)N.Cl. The van der Waals surface area contributed by atoms with Crippen molar-refractivity contribution in [2.75, 3.05) is 0 Å². The summed E-state index contributed by atoms with van der Waals surface area (Å²) >= 11 is 0. The summed E-state index contributed by atoms with van der Waals surface area (Å²) in [5.74, 6) is 0. The van der Waals surface area contributed by atoms with Gasteiger partial charge in [0.1, 0.15) is 0 Å². The molecule has 1 rings (SSSR count). The van der Waals surface area contributed by atoms with Crippen molar-refractivity contribution in [1.29, 1.82) is 0 Å². The summed E-state index contributed by atoms with van der Waals surface area (Å²) in [5.41, 5.74) is 6.77. The van der Waals surface area contributed by atoms with Gasteiger partial charge in [0.25, 0.3) is 0 Å². The first-order chi connectivity index (χ1) is 4.75. The highest BCUT2D eigenvalue weighted by atomic mass is 35.5. The highest BCUT2D eigenvalue weighted by molar-refractivity contribution is 5.85. The monoisotopic (exact) mass is 175 g/mol. The van der Waals surface area contributed by atoms with E-state index in [9.17, 15) is 0 Å². The van der Waals surface area contributed by atoms with Crippen LogP contribution in [-0.2, 0) is 6.54 Å². The van der Waals surface area contributed by atoms with Crippen LogP contribution in [0.2, 0.25) is 0 Å². The molecule has 0 spiro atoms. The van der Waals surface area contributed by atoms with Gasteiger partial charge in [-0.1, -0.05) is 0 Å². The number of aryl methyl sites for hydroxylation is 1. The number of rotatable bonds is 2. The fraction of sp³-hybridized carbons (Fsp3) is 0.571. The van der Waals surface area contributed by atoms with Gasteiger partial charge >= 0.3 is 0 Å². The van der Waals surface area contributed by atoms with Crippen LogP contribution in [0.3, 0.4) is 0 Å². The van der Waals surface area contributed by atoms with E-state index in [0.717, 1.165) is 12.2 Å². The largest absolute Gasteiger partial charge is 0.323 e. The molecule has 1 aromatic rings. The van der Waals surface area contributed by atoms with E-state index in [4.69, 9.17) is 5.73 Å². The molecule has 0 amide bonds. The van der Waals surface area contributed by atoms with Gasteiger partial charge in [-0.3, -0.25) is 4.68 Å². The summed E-state index contributed by atoms with van der Waals surface area (Å²) in [7, 11) is 0. The molecule has 0 saturated carbocycles. The number of nitrogens with zero attached hydrogens (tertiary/aromatic N) is 2. The second-order valence-corrected chi connectivity index (χ2v) is 2.36. The average Bonchev–Trinajstić information content (AvgIpc) is 2.33. The Labute approximate surface area is 73.0 Å². The molecular formula is C7H14ClN3. The van der Waals surface area contributed by atoms with Gasteiger partial charge in [0, 0.05) is 18.8 Å². The van der Waals surface area contributed by atoms with Crippen LogP contribution in [0.4, 0.5) is 0 Å². The van der Waals surface area contributed by atoms with Crippen molar-refractivity contribution >= 4 is 12.4 Å². The molecule has 0 aliphatic rings. The lowest BCUT2D eigenvalue weighted by atomic mass is 10.2. The first kappa shape index (κ1) is 10.5. The van der Waals surface area contributed by atoms with Gasteiger partial charge in [-0.2, -0.15) is 5.10 Å². The number of nitrogens with two attached hydrogens (primary N) is 1. The van der Waals surface area contributed by atoms with Crippen LogP contribution < -0.4 is 5.73 Å². The summed E-state index contributed by atoms with van der Waals surface area (Å²) in [6, 6.07) is 2.04. The van der Waals surface area contributed by atoms with Crippen molar-refractivity contribution in [2.24, 2.45) is 5.73 Å². The van der Waals surface area contributed by atoms with Crippen molar-refractivity contribution in [1.82, 2.24) is 9.78 Å². The van der Waals surface area contributed by atoms with E-state index >= 15 is 0 Å². The highest BCUT2D eigenvalue weighted by Gasteiger charge is 2.03. The van der Waals surface area contributed by atoms with Crippen molar-refractivity contribution in [3.8, 4) is 0 Å². The van der Waals surface area contributed by atoms with Crippen LogP contribution in [0.1, 0.15) is 25.6 Å². The lowest BCUT2D eigenvalue weighted by molar-refractivity contribution is 0.590. The third-order valence-corrected chi connectivity index (χ3v) is 1.52. The number of halogens is 1. The lowest BCUT2D eigenvalue weighted by Crippen LogP contribution is -2.12. The van der Waals surface area contributed by atoms with Gasteiger partial charge in [0.2, 0.25) is 0 Å². The zero-order valence-corrected chi connectivity index (χ0v) is 7.64. The minimum absolute atomic E-state index is 0. The summed E-state index contributed by atoms with van der Waals surface area (Å²) in [5, 5.41) is 4.09. The summed E-state index contributed by atoms with van der Waals surface area (Å²) in [6.45, 7) is 4.91. The van der Waals surface area contributed by atoms with Gasteiger partial charge in [-0.05, 0) is 19.9 Å². The first-order valence-corrected chi connectivity index (χ1v) is 3.53. The molecule has 1 unspecified atom stereocenters. The van der Waals surface area contributed by atoms with Crippen molar-refractivity contribution in [2.45, 2.75) is 26.4 Å². The Hall–Kier alpha value is -0.540. The Kier molecular flexibility index (Phi) is 4.15. The minimum atomic E-state index is 0. The Morgan fingerprint density at radius 3 is 2.73 bits per heavy atom. The molecule has 0 aliphatic heterocycles. The van der Waals surface area contributed by atoms with Gasteiger partial charge in [-0.25, -0.2) is 0 Å². The van der Waals surface area contributed by atoms with E-state index in [1.54, 1.807) is 6.20 Å². The minimum Gasteiger partial charge on any atom is -0.323 e. The molecule has 2 N–H and O–H groups in total. The quantitative estimate of drug-likeness (QED) is 0.738. The van der Waals surface area contributed by atoms with Crippen molar-refractivity contribution in [3.05, 3.63) is 18.0 Å². The second kappa shape index (κ2) is 4.36. The third-order valence-electron chi connectivity index (χ3n) is 1.52. The van der Waals surface area contributed by atoms with Crippen LogP contribution in [0.25, 0.3) is 0 Å². The number of hydrogen-bond donors (Lipinski definition) is 1. The normalized spacial score (nSPS) is 12.3. The fourth-order valence-electron chi connectivity index (χ4n) is 0.994. The zero-order valence-electron chi connectivity index (χ0n) is 6.82. The molecule has 0 bridgehead atoms. The maximum absolute atomic E-state index is 5.67. The summed E-state index contributed by atoms with van der Waals surface area (Å²) in [4.78, 5) is 0. The molecule has 0 saturated heterocycles. The smallest absolute Gasteiger partial charge is 0.0548 e. The van der Waals surface area contributed by atoms with Crippen LogP contribution in [0.5, 0.6) is 0 Å². The van der Waals surface area contributed by atoms with E-state index in [1.165, 1.54) is 0 Å². The predicted octanol–water partition coefficient (Wildman–Crippen LogP) is 1.34. The molecule has 0 radical (unpaired) electrons. The second-order valence-electron chi connectivity index (χ2n) is 2.36. The molecule has 4 heteroatoms. The Morgan fingerprint density at radius 2 is 2.36 bits per heavy atom. The highest BCUT2D eigenvalue weighted by Crippen LogP contribution is 2.07. The third kappa shape index (κ3) is 2.20. The standard InChI is InChI=1S/C7H13N3.ClH/c1-3-10-7(6(2)8)4-5-9-10;/h4-6H,3,8H2,1-2H3;1H. The maximum atomic E-state index is 5.67. The Balaban J connectivity index is 0.000001000. The topological polar surface area (TPSA) is 43.8 Å². The lowest BCUT2D eigenvalue weighted by Gasteiger charge is -2.06. The van der Waals surface area contributed by atoms with Gasteiger partial charge in [0.15, 0.2) is 0 Å². The molecule has 11 heavy (non-hydrogen) atoms. The summed E-state index contributed by atoms with van der Waals surface area (Å²) in [6.07, 6.45) is 1.78. The molecule has 0 aliphatic carbocycles. The predicted molar refractivity (Wildman–Crippen MR) is 47.8 cm³/mol. The van der Waals surface area contributed by atoms with Gasteiger partial charge in [0.05, 0.1) is 5.69 Å². The van der Waals surface area contributed by atoms with Crippen LogP contribution in [0, 0.1) is 0 Å². The van der Waals surface area contributed by atoms with Gasteiger partial charge in [-0.15, -0.1) is 12.4 Å². The van der Waals surface area contributed by atoms with E-state index in [2.05, 4.69) is 12.0 Å². The number of hydrogen-bond acceptors (Lipinski definition) is 2. The number of aromatic nitrogens is 2. The Morgan fingerprint density at radius 1 is 1.73 bits per heavy atom. The molecule has 1 aromatic heterocycles. The molecule has 3 nitrogen and oxygen atoms in total. The molecule has 0 fully saturated rings. The van der Waals surface area contributed by atoms with Gasteiger partial charge < -0.3 is 5.73 Å². The van der Waals surface area contributed by atoms with Crippen LogP contribution in [-0.4, -0.2) is 9.78 Å². The molecule has 0 aromatic carbocycles. The molecule has 1 heterocycles. The van der Waals surface area contributed by atoms with Crippen molar-refractivity contribution in [3.63, 3.8) is 0 Å².